The van der Waals surface area contributed by atoms with Crippen LogP contribution >= 0.6 is 0 Å². The number of fused-ring (bicyclic) bond motifs is 1. The third kappa shape index (κ3) is 2.09. The van der Waals surface area contributed by atoms with Crippen LogP contribution in [-0.2, 0) is 6.42 Å². The first-order chi connectivity index (χ1) is 7.20. The second-order valence-electron chi connectivity index (χ2n) is 4.44. The number of anilines is 2. The maximum atomic E-state index is 3.53. The molecule has 0 saturated carbocycles. The van der Waals surface area contributed by atoms with Gasteiger partial charge in [-0.3, -0.25) is 0 Å². The summed E-state index contributed by atoms with van der Waals surface area (Å²) in [5.41, 5.74) is 4.11. The first-order valence-corrected chi connectivity index (χ1v) is 5.81. The molecular weight excluding hydrogens is 184 g/mol. The molecule has 0 amide bonds. The van der Waals surface area contributed by atoms with Gasteiger partial charge in [0.2, 0.25) is 0 Å². The van der Waals surface area contributed by atoms with Crippen molar-refractivity contribution in [2.45, 2.75) is 32.7 Å². The van der Waals surface area contributed by atoms with Crippen LogP contribution in [0.4, 0.5) is 11.4 Å². The summed E-state index contributed by atoms with van der Waals surface area (Å²) in [5, 5.41) is 3.53. The van der Waals surface area contributed by atoms with Crippen molar-refractivity contribution in [3.63, 3.8) is 0 Å². The minimum absolute atomic E-state index is 0.618. The number of aryl methyl sites for hydroxylation is 1. The highest BCUT2D eigenvalue weighted by Crippen LogP contribution is 2.28. The number of hydrogen-bond acceptors (Lipinski definition) is 2. The van der Waals surface area contributed by atoms with E-state index in [0.717, 1.165) is 6.54 Å². The van der Waals surface area contributed by atoms with Gasteiger partial charge < -0.3 is 10.2 Å². The van der Waals surface area contributed by atoms with E-state index in [2.05, 4.69) is 49.3 Å². The van der Waals surface area contributed by atoms with Gasteiger partial charge in [0.05, 0.1) is 0 Å². The third-order valence-corrected chi connectivity index (χ3v) is 3.25. The molecule has 1 unspecified atom stereocenters. The van der Waals surface area contributed by atoms with E-state index in [1.807, 2.05) is 0 Å². The van der Waals surface area contributed by atoms with Crippen molar-refractivity contribution >= 4 is 11.4 Å². The van der Waals surface area contributed by atoms with Crippen LogP contribution in [0.3, 0.4) is 0 Å². The highest BCUT2D eigenvalue weighted by atomic mass is 15.1. The Morgan fingerprint density at radius 3 is 3.00 bits per heavy atom. The largest absolute Gasteiger partial charge is 0.382 e. The summed E-state index contributed by atoms with van der Waals surface area (Å²) in [5.74, 6) is 0. The fourth-order valence-corrected chi connectivity index (χ4v) is 2.06. The molecule has 1 heterocycles. The first-order valence-electron chi connectivity index (χ1n) is 5.81. The molecule has 2 heteroatoms. The Labute approximate surface area is 92.3 Å². The van der Waals surface area contributed by atoms with E-state index >= 15 is 0 Å². The number of nitrogens with one attached hydrogen (secondary N) is 1. The van der Waals surface area contributed by atoms with E-state index < -0.39 is 0 Å². The number of nitrogens with zero attached hydrogens (tertiary/aromatic N) is 1. The second kappa shape index (κ2) is 4.13. The van der Waals surface area contributed by atoms with Crippen LogP contribution in [0.5, 0.6) is 0 Å². The summed E-state index contributed by atoms with van der Waals surface area (Å²) < 4.78 is 0. The van der Waals surface area contributed by atoms with Crippen LogP contribution in [0.15, 0.2) is 18.2 Å². The molecule has 82 valence electrons. The molecule has 0 aliphatic carbocycles. The molecule has 1 N–H and O–H groups in total. The zero-order valence-corrected chi connectivity index (χ0v) is 9.88. The van der Waals surface area contributed by atoms with Crippen molar-refractivity contribution in [2.24, 2.45) is 0 Å². The first kappa shape index (κ1) is 10.3. The number of rotatable bonds is 2. The Kier molecular flexibility index (Phi) is 2.85. The van der Waals surface area contributed by atoms with Crippen molar-refractivity contribution in [3.05, 3.63) is 23.8 Å². The van der Waals surface area contributed by atoms with Gasteiger partial charge in [0, 0.05) is 31.0 Å². The number of benzene rings is 1. The summed E-state index contributed by atoms with van der Waals surface area (Å²) in [6, 6.07) is 7.35. The van der Waals surface area contributed by atoms with E-state index in [0.29, 0.717) is 6.04 Å². The predicted octanol–water partition coefficient (Wildman–Crippen LogP) is 2.89. The van der Waals surface area contributed by atoms with Crippen molar-refractivity contribution in [1.29, 1.82) is 0 Å². The fourth-order valence-electron chi connectivity index (χ4n) is 2.06. The van der Waals surface area contributed by atoms with Gasteiger partial charge in [-0.1, -0.05) is 0 Å². The Bertz CT molecular complexity index is 346. The van der Waals surface area contributed by atoms with Crippen LogP contribution in [0.25, 0.3) is 0 Å². The van der Waals surface area contributed by atoms with E-state index in [9.17, 15) is 0 Å². The van der Waals surface area contributed by atoms with Crippen LogP contribution in [0, 0.1) is 0 Å². The quantitative estimate of drug-likeness (QED) is 0.797. The summed E-state index contributed by atoms with van der Waals surface area (Å²) >= 11 is 0. The summed E-state index contributed by atoms with van der Waals surface area (Å²) in [6.07, 6.45) is 2.45. The summed E-state index contributed by atoms with van der Waals surface area (Å²) in [4.78, 5) is 2.28. The lowest BCUT2D eigenvalue weighted by molar-refractivity contribution is 0.681. The molecule has 2 rings (SSSR count). The fraction of sp³-hybridized carbons (Fsp3) is 0.538. The molecule has 0 bridgehead atoms. The molecule has 0 radical (unpaired) electrons. The Hall–Kier alpha value is -1.18. The van der Waals surface area contributed by atoms with Gasteiger partial charge >= 0.3 is 0 Å². The van der Waals surface area contributed by atoms with Gasteiger partial charge in [-0.2, -0.15) is 0 Å². The molecule has 1 atom stereocenters. The molecule has 1 aliphatic heterocycles. The van der Waals surface area contributed by atoms with Gasteiger partial charge in [0.1, 0.15) is 0 Å². The van der Waals surface area contributed by atoms with Crippen molar-refractivity contribution in [2.75, 3.05) is 23.8 Å². The smallest absolute Gasteiger partial charge is 0.0376 e. The highest BCUT2D eigenvalue weighted by Gasteiger charge is 2.14. The van der Waals surface area contributed by atoms with Gasteiger partial charge in [-0.15, -0.1) is 0 Å². The minimum Gasteiger partial charge on any atom is -0.382 e. The van der Waals surface area contributed by atoms with Crippen LogP contribution in [0.1, 0.15) is 25.8 Å². The average Bonchev–Trinajstić information content (AvgIpc) is 2.27. The molecule has 1 aliphatic rings. The van der Waals surface area contributed by atoms with Gasteiger partial charge in [0.25, 0.3) is 0 Å². The normalized spacial score (nSPS) is 19.3. The van der Waals surface area contributed by atoms with Crippen LogP contribution < -0.4 is 10.2 Å². The maximum absolute atomic E-state index is 3.53. The van der Waals surface area contributed by atoms with Crippen molar-refractivity contribution in [3.8, 4) is 0 Å². The molecule has 1 aromatic carbocycles. The van der Waals surface area contributed by atoms with E-state index in [1.54, 1.807) is 0 Å². The average molecular weight is 204 g/mol. The Morgan fingerprint density at radius 1 is 1.47 bits per heavy atom. The highest BCUT2D eigenvalue weighted by molar-refractivity contribution is 5.61. The topological polar surface area (TPSA) is 15.3 Å². The summed E-state index contributed by atoms with van der Waals surface area (Å²) in [7, 11) is 2.14. The maximum Gasteiger partial charge on any atom is 0.0376 e. The standard InChI is InChI=1S/C13H20N2/c1-4-15(3)12-7-8-13-11(9-12)6-5-10(2)14-13/h7-10,14H,4-6H2,1-3H3. The van der Waals surface area contributed by atoms with Crippen molar-refractivity contribution < 1.29 is 0 Å². The third-order valence-electron chi connectivity index (χ3n) is 3.25. The Balaban J connectivity index is 2.26. The molecule has 0 spiro atoms. The monoisotopic (exact) mass is 204 g/mol. The predicted molar refractivity (Wildman–Crippen MR) is 66.8 cm³/mol. The lowest BCUT2D eigenvalue weighted by atomic mass is 9.98. The molecule has 15 heavy (non-hydrogen) atoms. The van der Waals surface area contributed by atoms with Crippen LogP contribution in [0.2, 0.25) is 0 Å². The van der Waals surface area contributed by atoms with Gasteiger partial charge in [-0.05, 0) is 50.5 Å². The molecule has 2 nitrogen and oxygen atoms in total. The van der Waals surface area contributed by atoms with E-state index in [4.69, 9.17) is 0 Å². The molecule has 0 saturated heterocycles. The van der Waals surface area contributed by atoms with Crippen molar-refractivity contribution in [1.82, 2.24) is 0 Å². The van der Waals surface area contributed by atoms with Gasteiger partial charge in [-0.25, -0.2) is 0 Å². The minimum atomic E-state index is 0.618. The van der Waals surface area contributed by atoms with E-state index in [-0.39, 0.29) is 0 Å². The number of hydrogen-bond donors (Lipinski definition) is 1. The Morgan fingerprint density at radius 2 is 2.27 bits per heavy atom. The molecular formula is C13H20N2. The zero-order valence-electron chi connectivity index (χ0n) is 9.88. The molecule has 0 fully saturated rings. The summed E-state index contributed by atoms with van der Waals surface area (Å²) in [6.45, 7) is 5.48. The van der Waals surface area contributed by atoms with E-state index in [1.165, 1.54) is 29.8 Å². The lowest BCUT2D eigenvalue weighted by Crippen LogP contribution is -2.22. The lowest BCUT2D eigenvalue weighted by Gasteiger charge is -2.26. The molecule has 0 aromatic heterocycles. The SMILES string of the molecule is CCN(C)c1ccc2c(c1)CCC(C)N2. The van der Waals surface area contributed by atoms with Gasteiger partial charge in [0.15, 0.2) is 0 Å². The molecule has 1 aromatic rings. The second-order valence-corrected chi connectivity index (χ2v) is 4.44. The van der Waals surface area contributed by atoms with Crippen LogP contribution in [-0.4, -0.2) is 19.6 Å². The zero-order chi connectivity index (χ0) is 10.8.